The second-order valence-corrected chi connectivity index (χ2v) is 7.01. The molecule has 4 aromatic rings. The summed E-state index contributed by atoms with van der Waals surface area (Å²) < 4.78 is 3.24. The monoisotopic (exact) mass is 357 g/mol. The van der Waals surface area contributed by atoms with Gasteiger partial charge in [-0.2, -0.15) is 5.48 Å². The van der Waals surface area contributed by atoms with E-state index in [1.165, 1.54) is 15.9 Å². The van der Waals surface area contributed by atoms with Crippen molar-refractivity contribution >= 4 is 54.2 Å². The Hall–Kier alpha value is -2.71. The summed E-state index contributed by atoms with van der Waals surface area (Å²) in [5.74, 6) is -0.556. The smallest absolute Gasteiger partial charge is 0.339 e. The zero-order chi connectivity index (χ0) is 16.5. The van der Waals surface area contributed by atoms with E-state index in [1.54, 1.807) is 0 Å². The molecule has 0 fully saturated rings. The maximum atomic E-state index is 12.0. The standard InChI is InChI=1S/C16H11N3O3S2/c20-14(9-19-11-6-2-4-8-13(11)24-16(19)21)22-18-15-17-10-5-1-3-7-12(10)23-15/h1-8H,9H2,(H,17,18). The average Bonchev–Trinajstić information content (AvgIpc) is 3.14. The lowest BCUT2D eigenvalue weighted by Gasteiger charge is -2.05. The molecule has 2 aromatic carbocycles. The molecule has 0 amide bonds. The van der Waals surface area contributed by atoms with Crippen LogP contribution in [0.25, 0.3) is 20.4 Å². The molecule has 0 unspecified atom stereocenters. The van der Waals surface area contributed by atoms with Crippen LogP contribution in [0, 0.1) is 0 Å². The van der Waals surface area contributed by atoms with Gasteiger partial charge >= 0.3 is 10.8 Å². The number of rotatable bonds is 4. The summed E-state index contributed by atoms with van der Waals surface area (Å²) in [6.07, 6.45) is 0. The van der Waals surface area contributed by atoms with Crippen molar-refractivity contribution in [2.24, 2.45) is 0 Å². The van der Waals surface area contributed by atoms with Gasteiger partial charge in [-0.1, -0.05) is 46.9 Å². The average molecular weight is 357 g/mol. The molecule has 6 nitrogen and oxygen atoms in total. The molecule has 2 heterocycles. The highest BCUT2D eigenvalue weighted by Gasteiger charge is 2.13. The molecule has 120 valence electrons. The first kappa shape index (κ1) is 14.9. The summed E-state index contributed by atoms with van der Waals surface area (Å²) in [5.41, 5.74) is 4.12. The summed E-state index contributed by atoms with van der Waals surface area (Å²) in [7, 11) is 0. The minimum atomic E-state index is -0.556. The van der Waals surface area contributed by atoms with Gasteiger partial charge in [-0.3, -0.25) is 9.36 Å². The SMILES string of the molecule is O=C(Cn1c(=O)sc2ccccc21)ONc1nc2ccccc2s1. The Labute approximate surface area is 143 Å². The Morgan fingerprint density at radius 2 is 1.83 bits per heavy atom. The number of aromatic nitrogens is 2. The van der Waals surface area contributed by atoms with Gasteiger partial charge in [-0.05, 0) is 24.3 Å². The van der Waals surface area contributed by atoms with Gasteiger partial charge < -0.3 is 4.84 Å². The van der Waals surface area contributed by atoms with Crippen LogP contribution in [-0.4, -0.2) is 15.5 Å². The van der Waals surface area contributed by atoms with Gasteiger partial charge in [0, 0.05) is 0 Å². The molecular weight excluding hydrogens is 346 g/mol. The van der Waals surface area contributed by atoms with Gasteiger partial charge in [0.2, 0.25) is 5.13 Å². The Morgan fingerprint density at radius 1 is 1.08 bits per heavy atom. The topological polar surface area (TPSA) is 73.2 Å². The number of anilines is 1. The minimum Gasteiger partial charge on any atom is -0.339 e. The zero-order valence-electron chi connectivity index (χ0n) is 12.3. The van der Waals surface area contributed by atoms with Crippen molar-refractivity contribution in [2.45, 2.75) is 6.54 Å². The molecule has 0 spiro atoms. The molecule has 0 aliphatic rings. The molecule has 0 aliphatic carbocycles. The van der Waals surface area contributed by atoms with E-state index in [1.807, 2.05) is 48.5 Å². The maximum Gasteiger partial charge on any atom is 0.351 e. The van der Waals surface area contributed by atoms with Gasteiger partial charge in [0.15, 0.2) is 0 Å². The number of para-hydroxylation sites is 2. The first-order valence-corrected chi connectivity index (χ1v) is 8.73. The minimum absolute atomic E-state index is 0.152. The van der Waals surface area contributed by atoms with E-state index in [0.29, 0.717) is 5.13 Å². The molecule has 0 saturated carbocycles. The third-order valence-electron chi connectivity index (χ3n) is 3.41. The lowest BCUT2D eigenvalue weighted by Crippen LogP contribution is -2.22. The van der Waals surface area contributed by atoms with Crippen molar-refractivity contribution in [3.8, 4) is 0 Å². The Morgan fingerprint density at radius 3 is 2.67 bits per heavy atom. The van der Waals surface area contributed by atoms with Crippen LogP contribution < -0.4 is 10.4 Å². The molecule has 4 rings (SSSR count). The van der Waals surface area contributed by atoms with E-state index in [0.717, 1.165) is 31.8 Å². The number of benzene rings is 2. The van der Waals surface area contributed by atoms with Gasteiger partial charge in [0.25, 0.3) is 0 Å². The van der Waals surface area contributed by atoms with E-state index in [-0.39, 0.29) is 11.4 Å². The molecule has 0 atom stereocenters. The highest BCUT2D eigenvalue weighted by atomic mass is 32.1. The van der Waals surface area contributed by atoms with E-state index in [9.17, 15) is 9.59 Å². The van der Waals surface area contributed by atoms with Crippen molar-refractivity contribution in [1.82, 2.24) is 9.55 Å². The van der Waals surface area contributed by atoms with E-state index in [4.69, 9.17) is 4.84 Å². The number of nitrogens with one attached hydrogen (secondary N) is 1. The molecule has 0 bridgehead atoms. The number of hydrogen-bond acceptors (Lipinski definition) is 7. The molecule has 1 N–H and O–H groups in total. The van der Waals surface area contributed by atoms with Gasteiger partial charge in [0.1, 0.15) is 6.54 Å². The Bertz CT molecular complexity index is 1060. The van der Waals surface area contributed by atoms with E-state index in [2.05, 4.69) is 10.5 Å². The predicted octanol–water partition coefficient (Wildman–Crippen LogP) is 3.24. The third-order valence-corrected chi connectivity index (χ3v) is 5.30. The first-order valence-electron chi connectivity index (χ1n) is 7.10. The van der Waals surface area contributed by atoms with Crippen LogP contribution in [-0.2, 0) is 16.2 Å². The second kappa shape index (κ2) is 6.06. The number of nitrogens with zero attached hydrogens (tertiary/aromatic N) is 2. The molecule has 0 aliphatic heterocycles. The molecule has 24 heavy (non-hydrogen) atoms. The molecule has 2 aromatic heterocycles. The lowest BCUT2D eigenvalue weighted by molar-refractivity contribution is -0.141. The summed E-state index contributed by atoms with van der Waals surface area (Å²) in [6, 6.07) is 15.0. The molecule has 0 saturated heterocycles. The molecular formula is C16H11N3O3S2. The fourth-order valence-electron chi connectivity index (χ4n) is 2.34. The molecule has 0 radical (unpaired) electrons. The first-order chi connectivity index (χ1) is 11.7. The quantitative estimate of drug-likeness (QED) is 0.568. The van der Waals surface area contributed by atoms with E-state index >= 15 is 0 Å². The van der Waals surface area contributed by atoms with Crippen molar-refractivity contribution in [3.05, 3.63) is 58.2 Å². The van der Waals surface area contributed by atoms with Gasteiger partial charge in [-0.25, -0.2) is 9.78 Å². The van der Waals surface area contributed by atoms with Crippen LogP contribution in [0.4, 0.5) is 5.13 Å². The Kier molecular flexibility index (Phi) is 3.75. The summed E-state index contributed by atoms with van der Waals surface area (Å²) in [4.78, 5) is 33.2. The summed E-state index contributed by atoms with van der Waals surface area (Å²) in [5, 5.41) is 0.493. The van der Waals surface area contributed by atoms with Crippen molar-refractivity contribution in [2.75, 3.05) is 5.48 Å². The number of hydrogen-bond donors (Lipinski definition) is 1. The predicted molar refractivity (Wildman–Crippen MR) is 95.4 cm³/mol. The van der Waals surface area contributed by atoms with Gasteiger partial charge in [-0.15, -0.1) is 0 Å². The highest BCUT2D eigenvalue weighted by molar-refractivity contribution is 7.22. The van der Waals surface area contributed by atoms with Crippen molar-refractivity contribution in [3.63, 3.8) is 0 Å². The number of carbonyl (C=O) groups is 1. The number of carbonyl (C=O) groups excluding carboxylic acids is 1. The van der Waals surface area contributed by atoms with Crippen LogP contribution in [0.2, 0.25) is 0 Å². The van der Waals surface area contributed by atoms with Crippen LogP contribution in [0.5, 0.6) is 0 Å². The maximum absolute atomic E-state index is 12.0. The fraction of sp³-hybridized carbons (Fsp3) is 0.0625. The normalized spacial score (nSPS) is 11.0. The summed E-state index contributed by atoms with van der Waals surface area (Å²) >= 11 is 2.49. The fourth-order valence-corrected chi connectivity index (χ4v) is 4.03. The van der Waals surface area contributed by atoms with Crippen LogP contribution in [0.15, 0.2) is 53.3 Å². The van der Waals surface area contributed by atoms with Crippen LogP contribution >= 0.6 is 22.7 Å². The second-order valence-electron chi connectivity index (χ2n) is 4.98. The summed E-state index contributed by atoms with van der Waals surface area (Å²) in [6.45, 7) is -0.152. The lowest BCUT2D eigenvalue weighted by atomic mass is 10.3. The van der Waals surface area contributed by atoms with Crippen LogP contribution in [0.1, 0.15) is 0 Å². The third kappa shape index (κ3) is 2.77. The van der Waals surface area contributed by atoms with Crippen LogP contribution in [0.3, 0.4) is 0 Å². The van der Waals surface area contributed by atoms with E-state index < -0.39 is 5.97 Å². The number of thiazole rings is 2. The largest absolute Gasteiger partial charge is 0.351 e. The van der Waals surface area contributed by atoms with Gasteiger partial charge in [0.05, 0.1) is 20.4 Å². The highest BCUT2D eigenvalue weighted by Crippen LogP contribution is 2.25. The zero-order valence-corrected chi connectivity index (χ0v) is 13.9. The molecule has 8 heteroatoms. The van der Waals surface area contributed by atoms with Crippen molar-refractivity contribution < 1.29 is 9.63 Å². The van der Waals surface area contributed by atoms with Crippen molar-refractivity contribution in [1.29, 1.82) is 0 Å². The Balaban J connectivity index is 1.48. The number of fused-ring (bicyclic) bond motifs is 2.